The number of rotatable bonds is 7. The van der Waals surface area contributed by atoms with Crippen LogP contribution in [0.2, 0.25) is 0 Å². The maximum atomic E-state index is 11.9. The van der Waals surface area contributed by atoms with Crippen LogP contribution in [0.25, 0.3) is 5.57 Å². The van der Waals surface area contributed by atoms with E-state index in [0.717, 1.165) is 11.1 Å². The van der Waals surface area contributed by atoms with Crippen LogP contribution in [0.1, 0.15) is 12.5 Å². The summed E-state index contributed by atoms with van der Waals surface area (Å²) in [6, 6.07) is 35.0. The second-order valence-corrected chi connectivity index (χ2v) is 13.9. The third-order valence-electron chi connectivity index (χ3n) is 7.01. The number of allylic oxidation sites excluding steroid dienone is 1. The molecule has 1 fully saturated rings. The zero-order chi connectivity index (χ0) is 29.6. The Morgan fingerprint density at radius 3 is 1.81 bits per heavy atom. The molecule has 3 heterocycles. The number of carbonyl (C=O) groups excluding carboxylic acids is 1. The fourth-order valence-electron chi connectivity index (χ4n) is 5.26. The molecule has 4 aromatic rings. The zero-order valence-corrected chi connectivity index (χ0v) is 24.6. The van der Waals surface area contributed by atoms with Crippen molar-refractivity contribution < 1.29 is 22.0 Å². The van der Waals surface area contributed by atoms with E-state index in [9.17, 15) is 17.8 Å². The molecule has 8 nitrogen and oxygen atoms in total. The molecule has 0 saturated carbocycles. The van der Waals surface area contributed by atoms with Gasteiger partial charge >= 0.3 is 6.03 Å². The predicted molar refractivity (Wildman–Crippen MR) is 166 cm³/mol. The van der Waals surface area contributed by atoms with Crippen LogP contribution in [-0.4, -0.2) is 53.1 Å². The second-order valence-electron chi connectivity index (χ2n) is 9.68. The van der Waals surface area contributed by atoms with Crippen LogP contribution >= 0.6 is 7.26 Å². The van der Waals surface area contributed by atoms with E-state index in [-0.39, 0.29) is 0 Å². The number of nitrogens with zero attached hydrogens (tertiary/aromatic N) is 3. The molecule has 0 N–H and O–H groups in total. The number of amides is 2. The minimum absolute atomic E-state index is 0.295. The quantitative estimate of drug-likeness (QED) is 0.176. The van der Waals surface area contributed by atoms with Gasteiger partial charge < -0.3 is 9.45 Å². The average Bonchev–Trinajstić information content (AvgIpc) is 3.23. The molecule has 1 unspecified atom stereocenters. The molecule has 3 aromatic carbocycles. The second kappa shape index (κ2) is 12.8. The Kier molecular flexibility index (Phi) is 8.94. The predicted octanol–water partition coefficient (Wildman–Crippen LogP) is 4.49. The molecule has 1 atom stereocenters. The molecular weight excluding hydrogens is 569 g/mol. The lowest BCUT2D eigenvalue weighted by Gasteiger charge is -2.23. The fourth-order valence-corrected chi connectivity index (χ4v) is 9.42. The SMILES string of the molecule is CC=C[P+](c1ccccc1)(c1ccccc1)c1ccccc1.O=C1N2CC(c3ccncc3)=CC(C2)N1OS(=O)(=O)[O-]. The Bertz CT molecular complexity index is 1570. The Morgan fingerprint density at radius 1 is 0.857 bits per heavy atom. The lowest BCUT2D eigenvalue weighted by Crippen LogP contribution is -2.35. The molecule has 0 aliphatic carbocycles. The van der Waals surface area contributed by atoms with Gasteiger partial charge in [-0.2, -0.15) is 9.35 Å². The van der Waals surface area contributed by atoms with Gasteiger partial charge in [0, 0.05) is 25.5 Å². The van der Waals surface area contributed by atoms with Gasteiger partial charge in [-0.15, -0.1) is 0 Å². The van der Waals surface area contributed by atoms with Crippen LogP contribution in [0.15, 0.2) is 133 Å². The molecule has 42 heavy (non-hydrogen) atoms. The lowest BCUT2D eigenvalue weighted by atomic mass is 10.0. The minimum Gasteiger partial charge on any atom is -0.724 e. The summed E-state index contributed by atoms with van der Waals surface area (Å²) in [5, 5.41) is 4.79. The maximum Gasteiger partial charge on any atom is 0.346 e. The molecule has 2 amide bonds. The van der Waals surface area contributed by atoms with E-state index in [0.29, 0.717) is 18.2 Å². The van der Waals surface area contributed by atoms with Crippen LogP contribution < -0.4 is 15.9 Å². The van der Waals surface area contributed by atoms with Gasteiger partial charge in [0.2, 0.25) is 10.4 Å². The average molecular weight is 600 g/mol. The van der Waals surface area contributed by atoms with Crippen molar-refractivity contribution in [2.45, 2.75) is 13.0 Å². The molecule has 2 aliphatic rings. The number of aromatic nitrogens is 1. The van der Waals surface area contributed by atoms with E-state index in [4.69, 9.17) is 0 Å². The van der Waals surface area contributed by atoms with Gasteiger partial charge in [0.15, 0.2) is 0 Å². The molecule has 0 spiro atoms. The minimum atomic E-state index is -4.97. The number of fused-ring (bicyclic) bond motifs is 2. The van der Waals surface area contributed by atoms with Crippen LogP contribution in [0.3, 0.4) is 0 Å². The number of hydrogen-bond acceptors (Lipinski definition) is 6. The molecule has 0 radical (unpaired) electrons. The number of urea groups is 1. The Hall–Kier alpha value is -4.14. The van der Waals surface area contributed by atoms with E-state index in [2.05, 4.69) is 119 Å². The third kappa shape index (κ3) is 6.35. The van der Waals surface area contributed by atoms with Gasteiger partial charge in [0.25, 0.3) is 0 Å². The van der Waals surface area contributed by atoms with Crippen molar-refractivity contribution in [3.8, 4) is 0 Å². The van der Waals surface area contributed by atoms with Gasteiger partial charge in [0.05, 0.1) is 11.9 Å². The van der Waals surface area contributed by atoms with Crippen LogP contribution in [0.4, 0.5) is 4.79 Å². The molecule has 1 aromatic heterocycles. The third-order valence-corrected chi connectivity index (χ3v) is 11.4. The van der Waals surface area contributed by atoms with Gasteiger partial charge in [-0.1, -0.05) is 66.7 Å². The Labute approximate surface area is 246 Å². The summed E-state index contributed by atoms with van der Waals surface area (Å²) >= 11 is 0. The van der Waals surface area contributed by atoms with Gasteiger partial charge in [-0.05, 0) is 66.6 Å². The maximum absolute atomic E-state index is 11.9. The van der Waals surface area contributed by atoms with Crippen molar-refractivity contribution in [1.82, 2.24) is 14.9 Å². The fraction of sp³-hybridized carbons (Fsp3) is 0.125. The highest BCUT2D eigenvalue weighted by molar-refractivity contribution is 7.98. The normalized spacial score (nSPS) is 16.7. The smallest absolute Gasteiger partial charge is 0.346 e. The zero-order valence-electron chi connectivity index (χ0n) is 22.9. The van der Waals surface area contributed by atoms with E-state index < -0.39 is 29.7 Å². The highest BCUT2D eigenvalue weighted by Crippen LogP contribution is 2.56. The van der Waals surface area contributed by atoms with Crippen LogP contribution in [0, 0.1) is 0 Å². The molecule has 2 bridgehead atoms. The summed E-state index contributed by atoms with van der Waals surface area (Å²) in [4.78, 5) is 17.3. The Morgan fingerprint density at radius 2 is 1.36 bits per heavy atom. The number of pyridine rings is 1. The summed E-state index contributed by atoms with van der Waals surface area (Å²) < 4.78 is 36.2. The van der Waals surface area contributed by atoms with Crippen molar-refractivity contribution in [1.29, 1.82) is 0 Å². The summed E-state index contributed by atoms with van der Waals surface area (Å²) in [7, 11) is -6.71. The Balaban J connectivity index is 0.000000169. The molecule has 10 heteroatoms. The first kappa shape index (κ1) is 29.4. The highest BCUT2D eigenvalue weighted by Gasteiger charge is 2.43. The van der Waals surface area contributed by atoms with Gasteiger partial charge in [-0.3, -0.25) is 4.98 Å². The van der Waals surface area contributed by atoms with Gasteiger partial charge in [0.1, 0.15) is 23.2 Å². The lowest BCUT2D eigenvalue weighted by molar-refractivity contribution is -0.0195. The largest absolute Gasteiger partial charge is 0.724 e. The number of hydrogen-bond donors (Lipinski definition) is 0. The molecule has 214 valence electrons. The summed E-state index contributed by atoms with van der Waals surface area (Å²) in [6.07, 6.45) is 7.17. The highest BCUT2D eigenvalue weighted by atomic mass is 32.3. The first-order valence-corrected chi connectivity index (χ1v) is 16.5. The van der Waals surface area contributed by atoms with Crippen LogP contribution in [-0.2, 0) is 14.7 Å². The molecular formula is C32H30N3O5PS. The van der Waals surface area contributed by atoms with E-state index in [1.165, 1.54) is 20.8 Å². The molecule has 1 saturated heterocycles. The summed E-state index contributed by atoms with van der Waals surface area (Å²) in [5.41, 5.74) is 1.74. The van der Waals surface area contributed by atoms with E-state index in [1.54, 1.807) is 30.6 Å². The monoisotopic (exact) mass is 599 g/mol. The van der Waals surface area contributed by atoms with Crippen molar-refractivity contribution in [3.63, 3.8) is 0 Å². The van der Waals surface area contributed by atoms with Crippen molar-refractivity contribution in [2.24, 2.45) is 0 Å². The van der Waals surface area contributed by atoms with Crippen LogP contribution in [0.5, 0.6) is 0 Å². The van der Waals surface area contributed by atoms with E-state index in [1.807, 2.05) is 0 Å². The first-order valence-electron chi connectivity index (χ1n) is 13.4. The number of carbonyl (C=O) groups is 1. The summed E-state index contributed by atoms with van der Waals surface area (Å²) in [5.74, 6) is 2.41. The molecule has 6 rings (SSSR count). The number of hydroxylamine groups is 2. The van der Waals surface area contributed by atoms with Crippen molar-refractivity contribution in [3.05, 3.63) is 139 Å². The first-order chi connectivity index (χ1) is 20.3. The topological polar surface area (TPSA) is 103 Å². The molecule has 2 aliphatic heterocycles. The van der Waals surface area contributed by atoms with Crippen molar-refractivity contribution >= 4 is 45.2 Å². The summed E-state index contributed by atoms with van der Waals surface area (Å²) in [6.45, 7) is 2.74. The number of benzene rings is 3. The van der Waals surface area contributed by atoms with Crippen molar-refractivity contribution in [2.75, 3.05) is 13.1 Å². The standard InChI is InChI=1S/C21H20P.C11H11N3O5S/c1-2-18-22(19-12-6-3-7-13-19,20-14-8-4-9-15-20)21-16-10-5-11-17-21;15-11-13-6-9(8-1-3-12-4-2-8)5-10(7-13)14(11)19-20(16,17)18/h2-18H,1H3;1-5,10H,6-7H2,(H,16,17,18)/q+1;/p-1. The van der Waals surface area contributed by atoms with Gasteiger partial charge in [-0.25, -0.2) is 13.2 Å². The van der Waals surface area contributed by atoms with E-state index >= 15 is 0 Å².